The van der Waals surface area contributed by atoms with Crippen LogP contribution in [0.4, 0.5) is 5.69 Å². The van der Waals surface area contributed by atoms with Gasteiger partial charge in [-0.05, 0) is 42.2 Å². The van der Waals surface area contributed by atoms with E-state index < -0.39 is 5.97 Å². The number of hydrogen-bond donors (Lipinski definition) is 1. The van der Waals surface area contributed by atoms with Gasteiger partial charge in [0.05, 0.1) is 31.2 Å². The van der Waals surface area contributed by atoms with Gasteiger partial charge in [0.25, 0.3) is 0 Å². The van der Waals surface area contributed by atoms with Crippen molar-refractivity contribution in [1.29, 1.82) is 0 Å². The minimum absolute atomic E-state index is 0.0506. The summed E-state index contributed by atoms with van der Waals surface area (Å²) < 4.78 is 21.9. The first kappa shape index (κ1) is 24.1. The third kappa shape index (κ3) is 6.09. The zero-order valence-corrected chi connectivity index (χ0v) is 19.9. The van der Waals surface area contributed by atoms with Gasteiger partial charge in [0.2, 0.25) is 5.91 Å². The third-order valence-electron chi connectivity index (χ3n) is 5.85. The number of benzene rings is 2. The molecular formula is C27H28N2O6. The van der Waals surface area contributed by atoms with Crippen LogP contribution >= 0.6 is 0 Å². The summed E-state index contributed by atoms with van der Waals surface area (Å²) >= 11 is 0. The minimum Gasteiger partial charge on any atom is -0.493 e. The van der Waals surface area contributed by atoms with Gasteiger partial charge in [-0.25, -0.2) is 4.79 Å². The molecule has 182 valence electrons. The van der Waals surface area contributed by atoms with Gasteiger partial charge in [-0.2, -0.15) is 0 Å². The van der Waals surface area contributed by atoms with Crippen LogP contribution in [0.3, 0.4) is 0 Å². The van der Waals surface area contributed by atoms with E-state index >= 15 is 0 Å². The molecular weight excluding hydrogens is 448 g/mol. The number of hydrogen-bond acceptors (Lipinski definition) is 7. The molecule has 1 N–H and O–H groups in total. The Morgan fingerprint density at radius 1 is 1.00 bits per heavy atom. The summed E-state index contributed by atoms with van der Waals surface area (Å²) in [5.74, 6) is 1.04. The van der Waals surface area contributed by atoms with Crippen molar-refractivity contribution in [2.24, 2.45) is 11.8 Å². The minimum atomic E-state index is -0.583. The normalized spacial score (nSPS) is 16.2. The highest BCUT2D eigenvalue weighted by Crippen LogP contribution is 2.40. The molecule has 1 aliphatic carbocycles. The van der Waals surface area contributed by atoms with E-state index in [1.807, 2.05) is 49.4 Å². The molecule has 3 aromatic rings. The first-order valence-electron chi connectivity index (χ1n) is 11.3. The van der Waals surface area contributed by atoms with Crippen LogP contribution in [-0.2, 0) is 22.7 Å². The van der Waals surface area contributed by atoms with E-state index in [1.54, 1.807) is 12.3 Å². The molecule has 0 bridgehead atoms. The highest BCUT2D eigenvalue weighted by Gasteiger charge is 2.39. The highest BCUT2D eigenvalue weighted by molar-refractivity contribution is 6.03. The molecule has 0 aliphatic heterocycles. The lowest BCUT2D eigenvalue weighted by atomic mass is 10.1. The molecule has 0 radical (unpaired) electrons. The van der Waals surface area contributed by atoms with Crippen molar-refractivity contribution in [3.8, 4) is 17.2 Å². The van der Waals surface area contributed by atoms with Gasteiger partial charge < -0.3 is 24.3 Å². The summed E-state index contributed by atoms with van der Waals surface area (Å²) in [4.78, 5) is 29.7. The van der Waals surface area contributed by atoms with Crippen LogP contribution in [0.5, 0.6) is 17.2 Å². The molecule has 1 aliphatic rings. The van der Waals surface area contributed by atoms with Crippen molar-refractivity contribution < 1.29 is 28.5 Å². The van der Waals surface area contributed by atoms with E-state index in [0.717, 1.165) is 17.7 Å². The zero-order chi connectivity index (χ0) is 24.8. The number of nitrogens with one attached hydrogen (secondary N) is 1. The second-order valence-electron chi connectivity index (χ2n) is 8.39. The smallest absolute Gasteiger partial charge is 0.340 e. The first-order valence-corrected chi connectivity index (χ1v) is 11.3. The van der Waals surface area contributed by atoms with Crippen molar-refractivity contribution in [3.05, 3.63) is 77.6 Å². The van der Waals surface area contributed by atoms with Crippen molar-refractivity contribution in [1.82, 2.24) is 4.98 Å². The molecule has 2 aromatic carbocycles. The molecule has 8 nitrogen and oxygen atoms in total. The number of esters is 1. The van der Waals surface area contributed by atoms with E-state index in [-0.39, 0.29) is 24.0 Å². The van der Waals surface area contributed by atoms with Crippen LogP contribution in [0.25, 0.3) is 0 Å². The number of amides is 1. The number of carbonyl (C=O) groups is 2. The Hall–Kier alpha value is -4.07. The summed E-state index contributed by atoms with van der Waals surface area (Å²) in [7, 11) is 2.97. The Bertz CT molecular complexity index is 1180. The molecule has 1 aromatic heterocycles. The SMILES string of the molecule is COc1cc(NC(=O)C2CC2C)c(C(=O)OCc2ccc(OCc3ccccn3)cc2)cc1OC. The van der Waals surface area contributed by atoms with Gasteiger partial charge >= 0.3 is 5.97 Å². The number of ether oxygens (including phenoxy) is 4. The second kappa shape index (κ2) is 10.9. The van der Waals surface area contributed by atoms with E-state index in [0.29, 0.717) is 35.5 Å². The zero-order valence-electron chi connectivity index (χ0n) is 19.9. The fourth-order valence-corrected chi connectivity index (χ4v) is 3.61. The van der Waals surface area contributed by atoms with Crippen molar-refractivity contribution >= 4 is 17.6 Å². The molecule has 0 saturated heterocycles. The number of nitrogens with zero attached hydrogens (tertiary/aromatic N) is 1. The average Bonchev–Trinajstić information content (AvgIpc) is 3.63. The molecule has 1 fully saturated rings. The Labute approximate surface area is 204 Å². The topological polar surface area (TPSA) is 96.0 Å². The number of methoxy groups -OCH3 is 2. The summed E-state index contributed by atoms with van der Waals surface area (Å²) in [6, 6.07) is 16.0. The lowest BCUT2D eigenvalue weighted by Gasteiger charge is -2.15. The molecule has 0 spiro atoms. The maximum Gasteiger partial charge on any atom is 0.340 e. The Morgan fingerprint density at radius 2 is 1.71 bits per heavy atom. The molecule has 2 unspecified atom stereocenters. The molecule has 2 atom stereocenters. The van der Waals surface area contributed by atoms with Crippen molar-refractivity contribution in [2.45, 2.75) is 26.6 Å². The lowest BCUT2D eigenvalue weighted by molar-refractivity contribution is -0.117. The third-order valence-corrected chi connectivity index (χ3v) is 5.85. The summed E-state index contributed by atoms with van der Waals surface area (Å²) in [6.07, 6.45) is 2.55. The maximum atomic E-state index is 13.0. The fraction of sp³-hybridized carbons (Fsp3) is 0.296. The van der Waals surface area contributed by atoms with Crippen LogP contribution in [-0.4, -0.2) is 31.1 Å². The van der Waals surface area contributed by atoms with Gasteiger partial charge in [0.1, 0.15) is 19.0 Å². The van der Waals surface area contributed by atoms with E-state index in [9.17, 15) is 9.59 Å². The number of pyridine rings is 1. The quantitative estimate of drug-likeness (QED) is 0.426. The highest BCUT2D eigenvalue weighted by atomic mass is 16.5. The van der Waals surface area contributed by atoms with Gasteiger partial charge in [-0.3, -0.25) is 9.78 Å². The van der Waals surface area contributed by atoms with Crippen molar-refractivity contribution in [3.63, 3.8) is 0 Å². The van der Waals surface area contributed by atoms with Gasteiger partial charge in [-0.15, -0.1) is 0 Å². The van der Waals surface area contributed by atoms with Crippen LogP contribution in [0, 0.1) is 11.8 Å². The summed E-state index contributed by atoms with van der Waals surface area (Å²) in [5.41, 5.74) is 2.15. The molecule has 1 saturated carbocycles. The fourth-order valence-electron chi connectivity index (χ4n) is 3.61. The number of carbonyl (C=O) groups excluding carboxylic acids is 2. The van der Waals surface area contributed by atoms with Crippen LogP contribution < -0.4 is 19.5 Å². The number of rotatable bonds is 10. The average molecular weight is 477 g/mol. The van der Waals surface area contributed by atoms with Crippen molar-refractivity contribution in [2.75, 3.05) is 19.5 Å². The van der Waals surface area contributed by atoms with Gasteiger partial charge in [-0.1, -0.05) is 25.1 Å². The van der Waals surface area contributed by atoms with Gasteiger partial charge in [0.15, 0.2) is 11.5 Å². The Kier molecular flexibility index (Phi) is 7.50. The predicted molar refractivity (Wildman–Crippen MR) is 130 cm³/mol. The standard InChI is InChI=1S/C27H28N2O6/c1-17-12-21(17)26(30)29-23-14-25(33-3)24(32-2)13-22(23)27(31)35-15-18-7-9-20(10-8-18)34-16-19-6-4-5-11-28-19/h4-11,13-14,17,21H,12,15-16H2,1-3H3,(H,29,30). The molecule has 8 heteroatoms. The summed E-state index contributed by atoms with van der Waals surface area (Å²) in [5, 5.41) is 2.85. The molecule has 1 amide bonds. The van der Waals surface area contributed by atoms with E-state index in [2.05, 4.69) is 10.3 Å². The maximum absolute atomic E-state index is 13.0. The number of aromatic nitrogens is 1. The Balaban J connectivity index is 1.41. The summed E-state index contributed by atoms with van der Waals surface area (Å²) in [6.45, 7) is 2.44. The molecule has 4 rings (SSSR count). The predicted octanol–water partition coefficient (Wildman–Crippen LogP) is 4.63. The molecule has 35 heavy (non-hydrogen) atoms. The van der Waals surface area contributed by atoms with Gasteiger partial charge in [0, 0.05) is 24.2 Å². The lowest BCUT2D eigenvalue weighted by Crippen LogP contribution is -2.18. The monoisotopic (exact) mass is 476 g/mol. The van der Waals surface area contributed by atoms with E-state index in [1.165, 1.54) is 20.3 Å². The second-order valence-corrected chi connectivity index (χ2v) is 8.39. The van der Waals surface area contributed by atoms with Crippen LogP contribution in [0.1, 0.15) is 35.0 Å². The van der Waals surface area contributed by atoms with Crippen LogP contribution in [0.15, 0.2) is 60.8 Å². The first-order chi connectivity index (χ1) is 17.0. The van der Waals surface area contributed by atoms with E-state index in [4.69, 9.17) is 18.9 Å². The number of anilines is 1. The Morgan fingerprint density at radius 3 is 2.34 bits per heavy atom. The largest absolute Gasteiger partial charge is 0.493 e. The molecule has 1 heterocycles. The van der Waals surface area contributed by atoms with Crippen LogP contribution in [0.2, 0.25) is 0 Å².